The average molecular weight is 235 g/mol. The SMILES string of the molecule is CCC(CO)C(N)c1ccc2[nH]c(=O)[nH]c2c1. The summed E-state index contributed by atoms with van der Waals surface area (Å²) in [5, 5.41) is 9.23. The van der Waals surface area contributed by atoms with Crippen molar-refractivity contribution in [3.63, 3.8) is 0 Å². The van der Waals surface area contributed by atoms with E-state index in [1.54, 1.807) is 0 Å². The van der Waals surface area contributed by atoms with Crippen molar-refractivity contribution in [2.75, 3.05) is 6.61 Å². The Kier molecular flexibility index (Phi) is 3.31. The molecule has 0 bridgehead atoms. The number of aliphatic hydroxyl groups excluding tert-OH is 1. The van der Waals surface area contributed by atoms with Gasteiger partial charge in [-0.05, 0) is 24.1 Å². The molecule has 0 radical (unpaired) electrons. The molecule has 0 fully saturated rings. The maximum atomic E-state index is 11.1. The highest BCUT2D eigenvalue weighted by molar-refractivity contribution is 5.75. The van der Waals surface area contributed by atoms with Crippen molar-refractivity contribution in [3.05, 3.63) is 34.2 Å². The summed E-state index contributed by atoms with van der Waals surface area (Å²) in [5.74, 6) is 0.0399. The van der Waals surface area contributed by atoms with E-state index in [1.165, 1.54) is 0 Å². The molecule has 92 valence electrons. The molecule has 2 unspecified atom stereocenters. The highest BCUT2D eigenvalue weighted by atomic mass is 16.3. The van der Waals surface area contributed by atoms with Gasteiger partial charge in [-0.25, -0.2) is 4.79 Å². The first-order chi connectivity index (χ1) is 8.15. The molecule has 2 atom stereocenters. The molecule has 0 aliphatic rings. The second-order valence-corrected chi connectivity index (χ2v) is 4.26. The van der Waals surface area contributed by atoms with Gasteiger partial charge in [-0.1, -0.05) is 13.0 Å². The van der Waals surface area contributed by atoms with E-state index < -0.39 is 0 Å². The van der Waals surface area contributed by atoms with Crippen molar-refractivity contribution in [1.29, 1.82) is 0 Å². The van der Waals surface area contributed by atoms with Crippen LogP contribution in [0.4, 0.5) is 0 Å². The minimum absolute atomic E-state index is 0.0399. The fourth-order valence-corrected chi connectivity index (χ4v) is 2.03. The van der Waals surface area contributed by atoms with Gasteiger partial charge in [-0.3, -0.25) is 0 Å². The predicted octanol–water partition coefficient (Wildman–Crippen LogP) is 0.874. The van der Waals surface area contributed by atoms with Crippen molar-refractivity contribution >= 4 is 11.0 Å². The molecule has 0 spiro atoms. The first-order valence-corrected chi connectivity index (χ1v) is 5.74. The molecule has 0 saturated heterocycles. The first kappa shape index (κ1) is 11.9. The fourth-order valence-electron chi connectivity index (χ4n) is 2.03. The van der Waals surface area contributed by atoms with Crippen molar-refractivity contribution in [2.45, 2.75) is 19.4 Å². The first-order valence-electron chi connectivity index (χ1n) is 5.74. The lowest BCUT2D eigenvalue weighted by Gasteiger charge is -2.20. The van der Waals surface area contributed by atoms with Gasteiger partial charge in [0.2, 0.25) is 0 Å². The summed E-state index contributed by atoms with van der Waals surface area (Å²) in [6.07, 6.45) is 0.819. The minimum atomic E-state index is -0.222. The van der Waals surface area contributed by atoms with Gasteiger partial charge in [0.15, 0.2) is 0 Å². The standard InChI is InChI=1S/C12H17N3O2/c1-2-7(6-16)11(13)8-3-4-9-10(5-8)15-12(17)14-9/h3-5,7,11,16H,2,6,13H2,1H3,(H2,14,15,17). The third kappa shape index (κ3) is 2.25. The molecule has 2 aromatic rings. The van der Waals surface area contributed by atoms with Crippen LogP contribution in [-0.4, -0.2) is 21.7 Å². The van der Waals surface area contributed by atoms with Gasteiger partial charge in [0.1, 0.15) is 0 Å². The van der Waals surface area contributed by atoms with E-state index in [2.05, 4.69) is 9.97 Å². The summed E-state index contributed by atoms with van der Waals surface area (Å²) >= 11 is 0. The van der Waals surface area contributed by atoms with Crippen LogP contribution in [0.1, 0.15) is 24.9 Å². The third-order valence-corrected chi connectivity index (χ3v) is 3.19. The van der Waals surface area contributed by atoms with Crippen LogP contribution in [0.2, 0.25) is 0 Å². The number of H-pyrrole nitrogens is 2. The number of nitrogens with two attached hydrogens (primary N) is 1. The number of rotatable bonds is 4. The average Bonchev–Trinajstić information content (AvgIpc) is 2.69. The number of benzene rings is 1. The lowest BCUT2D eigenvalue weighted by atomic mass is 9.92. The topological polar surface area (TPSA) is 94.9 Å². The lowest BCUT2D eigenvalue weighted by Crippen LogP contribution is -2.23. The summed E-state index contributed by atoms with van der Waals surface area (Å²) < 4.78 is 0. The van der Waals surface area contributed by atoms with Crippen molar-refractivity contribution in [2.24, 2.45) is 11.7 Å². The van der Waals surface area contributed by atoms with Gasteiger partial charge < -0.3 is 20.8 Å². The van der Waals surface area contributed by atoms with Crippen molar-refractivity contribution in [1.82, 2.24) is 9.97 Å². The minimum Gasteiger partial charge on any atom is -0.396 e. The molecule has 5 N–H and O–H groups in total. The summed E-state index contributed by atoms with van der Waals surface area (Å²) in [7, 11) is 0. The summed E-state index contributed by atoms with van der Waals surface area (Å²) in [6, 6.07) is 5.35. The maximum absolute atomic E-state index is 11.1. The summed E-state index contributed by atoms with van der Waals surface area (Å²) in [6.45, 7) is 2.07. The van der Waals surface area contributed by atoms with E-state index in [9.17, 15) is 9.90 Å². The smallest absolute Gasteiger partial charge is 0.323 e. The van der Waals surface area contributed by atoms with Crippen LogP contribution < -0.4 is 11.4 Å². The number of imidazole rings is 1. The van der Waals surface area contributed by atoms with E-state index in [0.717, 1.165) is 23.0 Å². The van der Waals surface area contributed by atoms with Crippen molar-refractivity contribution < 1.29 is 5.11 Å². The second-order valence-electron chi connectivity index (χ2n) is 4.26. The Hall–Kier alpha value is -1.59. The Morgan fingerprint density at radius 2 is 2.06 bits per heavy atom. The van der Waals surface area contributed by atoms with E-state index in [4.69, 9.17) is 5.73 Å². The van der Waals surface area contributed by atoms with Crippen LogP contribution in [0, 0.1) is 5.92 Å². The number of aromatic amines is 2. The number of hydrogen-bond donors (Lipinski definition) is 4. The Morgan fingerprint density at radius 3 is 2.71 bits per heavy atom. The van der Waals surface area contributed by atoms with Crippen LogP contribution in [0.15, 0.2) is 23.0 Å². The lowest BCUT2D eigenvalue weighted by molar-refractivity contribution is 0.201. The molecule has 2 rings (SSSR count). The fraction of sp³-hybridized carbons (Fsp3) is 0.417. The van der Waals surface area contributed by atoms with Gasteiger partial charge in [-0.2, -0.15) is 0 Å². The third-order valence-electron chi connectivity index (χ3n) is 3.19. The van der Waals surface area contributed by atoms with E-state index >= 15 is 0 Å². The number of nitrogens with one attached hydrogen (secondary N) is 2. The highest BCUT2D eigenvalue weighted by Crippen LogP contribution is 2.23. The number of aromatic nitrogens is 2. The molecule has 1 aromatic heterocycles. The van der Waals surface area contributed by atoms with Crippen LogP contribution in [0.5, 0.6) is 0 Å². The summed E-state index contributed by atoms with van der Waals surface area (Å²) in [5.41, 5.74) is 8.31. The van der Waals surface area contributed by atoms with Crippen LogP contribution >= 0.6 is 0 Å². The van der Waals surface area contributed by atoms with Gasteiger partial charge >= 0.3 is 5.69 Å². The summed E-state index contributed by atoms with van der Waals surface area (Å²) in [4.78, 5) is 16.5. The van der Waals surface area contributed by atoms with Gasteiger partial charge in [-0.15, -0.1) is 0 Å². The zero-order valence-corrected chi connectivity index (χ0v) is 9.73. The monoisotopic (exact) mass is 235 g/mol. The van der Waals surface area contributed by atoms with Crippen LogP contribution in [0.3, 0.4) is 0 Å². The molecule has 0 aliphatic heterocycles. The molecular formula is C12H17N3O2. The Balaban J connectivity index is 2.38. The second kappa shape index (κ2) is 4.73. The molecule has 0 amide bonds. The van der Waals surface area contributed by atoms with Crippen LogP contribution in [0.25, 0.3) is 11.0 Å². The Morgan fingerprint density at radius 1 is 1.35 bits per heavy atom. The largest absolute Gasteiger partial charge is 0.396 e. The molecule has 5 heteroatoms. The van der Waals surface area contributed by atoms with E-state index in [-0.39, 0.29) is 24.3 Å². The van der Waals surface area contributed by atoms with E-state index in [1.807, 2.05) is 25.1 Å². The van der Waals surface area contributed by atoms with Gasteiger partial charge in [0.05, 0.1) is 11.0 Å². The quantitative estimate of drug-likeness (QED) is 0.633. The van der Waals surface area contributed by atoms with Gasteiger partial charge in [0.25, 0.3) is 0 Å². The molecular weight excluding hydrogens is 218 g/mol. The normalized spacial score (nSPS) is 15.0. The maximum Gasteiger partial charge on any atom is 0.323 e. The molecule has 0 saturated carbocycles. The van der Waals surface area contributed by atoms with Crippen LogP contribution in [-0.2, 0) is 0 Å². The molecule has 5 nitrogen and oxygen atoms in total. The number of hydrogen-bond acceptors (Lipinski definition) is 3. The van der Waals surface area contributed by atoms with E-state index in [0.29, 0.717) is 0 Å². The zero-order chi connectivity index (χ0) is 12.4. The molecule has 1 aromatic carbocycles. The highest BCUT2D eigenvalue weighted by Gasteiger charge is 2.17. The number of aliphatic hydroxyl groups is 1. The van der Waals surface area contributed by atoms with Crippen molar-refractivity contribution in [3.8, 4) is 0 Å². The predicted molar refractivity (Wildman–Crippen MR) is 66.7 cm³/mol. The Labute approximate surface area is 98.7 Å². The Bertz CT molecular complexity index is 554. The van der Waals surface area contributed by atoms with Gasteiger partial charge in [0, 0.05) is 18.6 Å². The molecule has 0 aliphatic carbocycles. The molecule has 1 heterocycles. The molecule has 17 heavy (non-hydrogen) atoms. The number of fused-ring (bicyclic) bond motifs is 1. The zero-order valence-electron chi connectivity index (χ0n) is 9.73.